The van der Waals surface area contributed by atoms with Crippen molar-refractivity contribution < 1.29 is 14.2 Å². The fourth-order valence-corrected chi connectivity index (χ4v) is 3.02. The van der Waals surface area contributed by atoms with Crippen molar-refractivity contribution in [3.05, 3.63) is 30.1 Å². The summed E-state index contributed by atoms with van der Waals surface area (Å²) in [5.41, 5.74) is 0. The van der Waals surface area contributed by atoms with E-state index in [0.29, 0.717) is 24.1 Å². The zero-order valence-corrected chi connectivity index (χ0v) is 12.3. The van der Waals surface area contributed by atoms with Crippen molar-refractivity contribution in [3.63, 3.8) is 0 Å². The molecular weight excluding hydrogens is 257 g/mol. The molecule has 0 bridgehead atoms. The van der Waals surface area contributed by atoms with E-state index >= 15 is 0 Å². The number of rotatable bonds is 5. The van der Waals surface area contributed by atoms with Gasteiger partial charge in [-0.25, -0.2) is 4.39 Å². The molecule has 3 nitrogen and oxygen atoms in total. The molecule has 1 saturated heterocycles. The van der Waals surface area contributed by atoms with Crippen LogP contribution in [0.1, 0.15) is 20.3 Å². The first-order valence-electron chi connectivity index (χ1n) is 7.31. The molecule has 1 N–H and O–H groups in total. The third-order valence-corrected chi connectivity index (χ3v) is 3.67. The molecule has 0 aliphatic carbocycles. The van der Waals surface area contributed by atoms with Crippen molar-refractivity contribution in [2.45, 2.75) is 26.4 Å². The Bertz CT molecular complexity index is 399. The van der Waals surface area contributed by atoms with Crippen LogP contribution in [0.25, 0.3) is 0 Å². The summed E-state index contributed by atoms with van der Waals surface area (Å²) in [6.45, 7) is 7.46. The Labute approximate surface area is 120 Å². The van der Waals surface area contributed by atoms with Gasteiger partial charge in [0, 0.05) is 19.6 Å². The Morgan fingerprint density at radius 2 is 1.85 bits per heavy atom. The Balaban J connectivity index is 1.74. The van der Waals surface area contributed by atoms with Gasteiger partial charge in [-0.3, -0.25) is 0 Å². The smallest absolute Gasteiger partial charge is 0.123 e. The number of β-amino-alcohol motifs (C(OH)–C–C–N with tert-alkyl or cyclic N) is 1. The highest BCUT2D eigenvalue weighted by atomic mass is 19.1. The summed E-state index contributed by atoms with van der Waals surface area (Å²) in [5, 5.41) is 10.0. The monoisotopic (exact) mass is 281 g/mol. The predicted molar refractivity (Wildman–Crippen MR) is 77.3 cm³/mol. The van der Waals surface area contributed by atoms with Crippen molar-refractivity contribution in [2.75, 3.05) is 26.2 Å². The van der Waals surface area contributed by atoms with Crippen molar-refractivity contribution in [2.24, 2.45) is 11.8 Å². The molecule has 20 heavy (non-hydrogen) atoms. The van der Waals surface area contributed by atoms with Crippen LogP contribution in [0.15, 0.2) is 24.3 Å². The van der Waals surface area contributed by atoms with Crippen LogP contribution in [0, 0.1) is 17.7 Å². The van der Waals surface area contributed by atoms with Crippen LogP contribution in [0.4, 0.5) is 4.39 Å². The standard InChI is InChI=1S/C16H24FNO2/c1-12-7-13(2)9-18(8-12)10-15(19)11-20-16-5-3-14(17)4-6-16/h3-6,12-13,15,19H,7-11H2,1-2H3. The van der Waals surface area contributed by atoms with Crippen LogP contribution in [-0.4, -0.2) is 42.4 Å². The van der Waals surface area contributed by atoms with Gasteiger partial charge < -0.3 is 14.7 Å². The Morgan fingerprint density at radius 3 is 2.45 bits per heavy atom. The van der Waals surface area contributed by atoms with Gasteiger partial charge in [0.15, 0.2) is 0 Å². The van der Waals surface area contributed by atoms with Crippen LogP contribution in [0.5, 0.6) is 5.75 Å². The van der Waals surface area contributed by atoms with E-state index in [1.807, 2.05) is 0 Å². The van der Waals surface area contributed by atoms with E-state index in [4.69, 9.17) is 4.74 Å². The number of ether oxygens (including phenoxy) is 1. The molecule has 0 radical (unpaired) electrons. The van der Waals surface area contributed by atoms with Crippen LogP contribution in [0.3, 0.4) is 0 Å². The molecule has 0 amide bonds. The van der Waals surface area contributed by atoms with Crippen molar-refractivity contribution in [1.29, 1.82) is 0 Å². The number of aliphatic hydroxyl groups is 1. The Hall–Kier alpha value is -1.13. The van der Waals surface area contributed by atoms with Gasteiger partial charge in [0.2, 0.25) is 0 Å². The first-order chi connectivity index (χ1) is 9.52. The summed E-state index contributed by atoms with van der Waals surface area (Å²) in [5.74, 6) is 1.67. The lowest BCUT2D eigenvalue weighted by Crippen LogP contribution is -2.43. The van der Waals surface area contributed by atoms with Gasteiger partial charge in [0.25, 0.3) is 0 Å². The molecule has 1 aromatic rings. The predicted octanol–water partition coefficient (Wildman–Crippen LogP) is 2.54. The first kappa shape index (κ1) is 15.3. The van der Waals surface area contributed by atoms with Crippen molar-refractivity contribution in [1.82, 2.24) is 4.90 Å². The summed E-state index contributed by atoms with van der Waals surface area (Å²) in [4.78, 5) is 2.30. The van der Waals surface area contributed by atoms with E-state index in [2.05, 4.69) is 18.7 Å². The highest BCUT2D eigenvalue weighted by Gasteiger charge is 2.23. The molecule has 0 spiro atoms. The summed E-state index contributed by atoms with van der Waals surface area (Å²) in [7, 11) is 0. The van der Waals surface area contributed by atoms with Crippen molar-refractivity contribution in [3.8, 4) is 5.75 Å². The highest BCUT2D eigenvalue weighted by molar-refractivity contribution is 5.22. The number of nitrogens with zero attached hydrogens (tertiary/aromatic N) is 1. The van der Waals surface area contributed by atoms with Crippen LogP contribution >= 0.6 is 0 Å². The van der Waals surface area contributed by atoms with Gasteiger partial charge in [0.1, 0.15) is 24.3 Å². The second kappa shape index (κ2) is 7.04. The lowest BCUT2D eigenvalue weighted by molar-refractivity contribution is 0.0429. The van der Waals surface area contributed by atoms with Gasteiger partial charge in [-0.1, -0.05) is 13.8 Å². The molecule has 1 aliphatic heterocycles. The van der Waals surface area contributed by atoms with Crippen LogP contribution in [0.2, 0.25) is 0 Å². The van der Waals surface area contributed by atoms with E-state index in [9.17, 15) is 9.50 Å². The number of likely N-dealkylation sites (tertiary alicyclic amines) is 1. The first-order valence-corrected chi connectivity index (χ1v) is 7.31. The third kappa shape index (κ3) is 4.76. The highest BCUT2D eigenvalue weighted by Crippen LogP contribution is 2.21. The fourth-order valence-electron chi connectivity index (χ4n) is 3.02. The molecule has 3 atom stereocenters. The summed E-state index contributed by atoms with van der Waals surface area (Å²) in [6.07, 6.45) is 0.746. The minimum atomic E-state index is -0.516. The number of piperidine rings is 1. The van der Waals surface area contributed by atoms with Gasteiger partial charge in [-0.2, -0.15) is 0 Å². The SMILES string of the molecule is CC1CC(C)CN(CC(O)COc2ccc(F)cc2)C1. The van der Waals surface area contributed by atoms with E-state index in [-0.39, 0.29) is 12.4 Å². The number of halogens is 1. The van der Waals surface area contributed by atoms with Crippen LogP contribution < -0.4 is 4.74 Å². The van der Waals surface area contributed by atoms with Crippen LogP contribution in [-0.2, 0) is 0 Å². The number of benzene rings is 1. The van der Waals surface area contributed by atoms with E-state index in [1.54, 1.807) is 12.1 Å². The molecular formula is C16H24FNO2. The van der Waals surface area contributed by atoms with Gasteiger partial charge in [0.05, 0.1) is 0 Å². The molecule has 0 aromatic heterocycles. The molecule has 2 rings (SSSR count). The maximum absolute atomic E-state index is 12.8. The number of hydrogen-bond acceptors (Lipinski definition) is 3. The Kier molecular flexibility index (Phi) is 5.38. The summed E-state index contributed by atoms with van der Waals surface area (Å²) < 4.78 is 18.2. The molecule has 112 valence electrons. The quantitative estimate of drug-likeness (QED) is 0.900. The van der Waals surface area contributed by atoms with E-state index < -0.39 is 6.10 Å². The summed E-state index contributed by atoms with van der Waals surface area (Å²) >= 11 is 0. The number of aliphatic hydroxyl groups excluding tert-OH is 1. The molecule has 3 unspecified atom stereocenters. The minimum absolute atomic E-state index is 0.241. The molecule has 1 aromatic carbocycles. The van der Waals surface area contributed by atoms with Gasteiger partial charge >= 0.3 is 0 Å². The number of hydrogen-bond donors (Lipinski definition) is 1. The van der Waals surface area contributed by atoms with Gasteiger partial charge in [-0.15, -0.1) is 0 Å². The molecule has 1 fully saturated rings. The minimum Gasteiger partial charge on any atom is -0.491 e. The van der Waals surface area contributed by atoms with E-state index in [0.717, 1.165) is 13.1 Å². The van der Waals surface area contributed by atoms with Gasteiger partial charge in [-0.05, 0) is 42.5 Å². The lowest BCUT2D eigenvalue weighted by Gasteiger charge is -2.35. The molecule has 1 heterocycles. The topological polar surface area (TPSA) is 32.7 Å². The maximum atomic E-state index is 12.8. The average molecular weight is 281 g/mol. The zero-order valence-electron chi connectivity index (χ0n) is 12.3. The van der Waals surface area contributed by atoms with E-state index in [1.165, 1.54) is 18.6 Å². The fraction of sp³-hybridized carbons (Fsp3) is 0.625. The average Bonchev–Trinajstić information content (AvgIpc) is 2.37. The molecule has 4 heteroatoms. The molecule has 1 aliphatic rings. The summed E-state index contributed by atoms with van der Waals surface area (Å²) in [6, 6.07) is 5.87. The second-order valence-electron chi connectivity index (χ2n) is 6.08. The Morgan fingerprint density at radius 1 is 1.25 bits per heavy atom. The normalized spacial score (nSPS) is 25.4. The maximum Gasteiger partial charge on any atom is 0.123 e. The third-order valence-electron chi connectivity index (χ3n) is 3.67. The zero-order chi connectivity index (χ0) is 14.5. The molecule has 0 saturated carbocycles. The second-order valence-corrected chi connectivity index (χ2v) is 6.08. The van der Waals surface area contributed by atoms with Crippen molar-refractivity contribution >= 4 is 0 Å². The largest absolute Gasteiger partial charge is 0.491 e. The lowest BCUT2D eigenvalue weighted by atomic mass is 9.92.